The van der Waals surface area contributed by atoms with Gasteiger partial charge in [-0.2, -0.15) is 0 Å². The van der Waals surface area contributed by atoms with Gasteiger partial charge in [0.05, 0.1) is 12.2 Å². The fourth-order valence-corrected chi connectivity index (χ4v) is 1.96. The molecule has 2 aromatic carbocycles. The molecular weight excluding hydrogens is 308 g/mol. The zero-order valence-electron chi connectivity index (χ0n) is 13.5. The first-order valence-electron chi connectivity index (χ1n) is 7.46. The molecule has 24 heavy (non-hydrogen) atoms. The van der Waals surface area contributed by atoms with Gasteiger partial charge >= 0.3 is 11.9 Å². The van der Waals surface area contributed by atoms with Crippen molar-refractivity contribution in [1.82, 2.24) is 0 Å². The van der Waals surface area contributed by atoms with Crippen molar-refractivity contribution < 1.29 is 24.2 Å². The molecule has 0 amide bonds. The standard InChI is InChI=1S/C19H18O5/c1-3-23-16-10-6-15(7-11-16)19(22)24-17-8-4-14(5-9-17)12-13(2)18(20)21/h4-12H,3H2,1-2H3,(H,20,21)/b13-12+. The second-order valence-corrected chi connectivity index (χ2v) is 5.05. The minimum atomic E-state index is -0.971. The van der Waals surface area contributed by atoms with E-state index in [2.05, 4.69) is 0 Å². The number of benzene rings is 2. The van der Waals surface area contributed by atoms with E-state index in [1.807, 2.05) is 6.92 Å². The summed E-state index contributed by atoms with van der Waals surface area (Å²) in [5.41, 5.74) is 1.37. The number of esters is 1. The number of carboxylic acid groups (broad SMARTS) is 1. The largest absolute Gasteiger partial charge is 0.494 e. The predicted molar refractivity (Wildman–Crippen MR) is 90.3 cm³/mol. The third kappa shape index (κ3) is 4.71. The molecule has 0 atom stereocenters. The summed E-state index contributed by atoms with van der Waals surface area (Å²) in [5.74, 6) is -0.359. The molecule has 0 spiro atoms. The molecule has 0 fully saturated rings. The van der Waals surface area contributed by atoms with Crippen molar-refractivity contribution in [2.75, 3.05) is 6.61 Å². The van der Waals surface area contributed by atoms with Crippen molar-refractivity contribution in [2.45, 2.75) is 13.8 Å². The lowest BCUT2D eigenvalue weighted by Gasteiger charge is -2.06. The van der Waals surface area contributed by atoms with Crippen molar-refractivity contribution in [3.05, 3.63) is 65.2 Å². The molecule has 5 heteroatoms. The Kier molecular flexibility index (Phi) is 5.73. The van der Waals surface area contributed by atoms with Crippen LogP contribution in [-0.2, 0) is 4.79 Å². The van der Waals surface area contributed by atoms with Gasteiger partial charge < -0.3 is 14.6 Å². The Bertz CT molecular complexity index is 742. The van der Waals surface area contributed by atoms with Crippen LogP contribution < -0.4 is 9.47 Å². The SMILES string of the molecule is CCOc1ccc(C(=O)Oc2ccc(/C=C(\C)C(=O)O)cc2)cc1. The van der Waals surface area contributed by atoms with Crippen molar-refractivity contribution >= 4 is 18.0 Å². The quantitative estimate of drug-likeness (QED) is 0.497. The summed E-state index contributed by atoms with van der Waals surface area (Å²) in [5, 5.41) is 8.85. The second-order valence-electron chi connectivity index (χ2n) is 5.05. The molecule has 5 nitrogen and oxygen atoms in total. The lowest BCUT2D eigenvalue weighted by molar-refractivity contribution is -0.132. The van der Waals surface area contributed by atoms with E-state index < -0.39 is 11.9 Å². The third-order valence-corrected chi connectivity index (χ3v) is 3.21. The molecule has 0 aliphatic carbocycles. The number of ether oxygens (including phenoxy) is 2. The fourth-order valence-electron chi connectivity index (χ4n) is 1.96. The highest BCUT2D eigenvalue weighted by atomic mass is 16.5. The summed E-state index contributed by atoms with van der Waals surface area (Å²) in [6, 6.07) is 13.3. The van der Waals surface area contributed by atoms with Crippen LogP contribution in [0.4, 0.5) is 0 Å². The second kappa shape index (κ2) is 7.97. The van der Waals surface area contributed by atoms with Crippen LogP contribution in [0.1, 0.15) is 29.8 Å². The molecule has 0 heterocycles. The lowest BCUT2D eigenvalue weighted by atomic mass is 10.1. The molecule has 0 bridgehead atoms. The maximum Gasteiger partial charge on any atom is 0.343 e. The van der Waals surface area contributed by atoms with Crippen LogP contribution in [0.15, 0.2) is 54.1 Å². The van der Waals surface area contributed by atoms with Gasteiger partial charge in [-0.25, -0.2) is 9.59 Å². The lowest BCUT2D eigenvalue weighted by Crippen LogP contribution is -2.08. The Morgan fingerprint density at radius 1 is 1.00 bits per heavy atom. The molecule has 0 saturated heterocycles. The number of aliphatic carboxylic acids is 1. The van der Waals surface area contributed by atoms with E-state index in [9.17, 15) is 9.59 Å². The Labute approximate surface area is 140 Å². The summed E-state index contributed by atoms with van der Waals surface area (Å²) in [7, 11) is 0. The fraction of sp³-hybridized carbons (Fsp3) is 0.158. The van der Waals surface area contributed by atoms with E-state index in [1.165, 1.54) is 6.92 Å². The normalized spacial score (nSPS) is 11.0. The van der Waals surface area contributed by atoms with Gasteiger partial charge in [-0.1, -0.05) is 12.1 Å². The molecule has 124 valence electrons. The first-order chi connectivity index (χ1) is 11.5. The molecule has 0 unspecified atom stereocenters. The number of rotatable bonds is 6. The van der Waals surface area contributed by atoms with E-state index in [4.69, 9.17) is 14.6 Å². The summed E-state index contributed by atoms with van der Waals surface area (Å²) >= 11 is 0. The van der Waals surface area contributed by atoms with Gasteiger partial charge in [-0.05, 0) is 61.9 Å². The molecule has 0 aliphatic rings. The van der Waals surface area contributed by atoms with Crippen molar-refractivity contribution in [2.24, 2.45) is 0 Å². The zero-order valence-corrected chi connectivity index (χ0v) is 13.5. The van der Waals surface area contributed by atoms with Gasteiger partial charge in [0.2, 0.25) is 0 Å². The highest BCUT2D eigenvalue weighted by Crippen LogP contribution is 2.18. The number of carbonyl (C=O) groups excluding carboxylic acids is 1. The topological polar surface area (TPSA) is 72.8 Å². The summed E-state index contributed by atoms with van der Waals surface area (Å²) in [6.45, 7) is 3.97. The van der Waals surface area contributed by atoms with Crippen molar-refractivity contribution in [3.8, 4) is 11.5 Å². The van der Waals surface area contributed by atoms with E-state index >= 15 is 0 Å². The minimum Gasteiger partial charge on any atom is -0.494 e. The Balaban J connectivity index is 2.04. The Hall–Kier alpha value is -3.08. The molecular formula is C19H18O5. The molecule has 0 radical (unpaired) electrons. The van der Waals surface area contributed by atoms with Gasteiger partial charge in [0.15, 0.2) is 0 Å². The van der Waals surface area contributed by atoms with Crippen LogP contribution in [0, 0.1) is 0 Å². The predicted octanol–water partition coefficient (Wildman–Crippen LogP) is 3.79. The average molecular weight is 326 g/mol. The van der Waals surface area contributed by atoms with Crippen LogP contribution in [0.2, 0.25) is 0 Å². The van der Waals surface area contributed by atoms with Crippen LogP contribution >= 0.6 is 0 Å². The van der Waals surface area contributed by atoms with Gasteiger partial charge in [0.25, 0.3) is 0 Å². The Morgan fingerprint density at radius 3 is 2.12 bits per heavy atom. The smallest absolute Gasteiger partial charge is 0.343 e. The maximum absolute atomic E-state index is 12.1. The van der Waals surface area contributed by atoms with Gasteiger partial charge in [-0.3, -0.25) is 0 Å². The first-order valence-corrected chi connectivity index (χ1v) is 7.46. The highest BCUT2D eigenvalue weighted by Gasteiger charge is 2.09. The van der Waals surface area contributed by atoms with Crippen LogP contribution in [0.25, 0.3) is 6.08 Å². The number of hydrogen-bond acceptors (Lipinski definition) is 4. The zero-order chi connectivity index (χ0) is 17.5. The van der Waals surface area contributed by atoms with Crippen LogP contribution in [0.5, 0.6) is 11.5 Å². The van der Waals surface area contributed by atoms with Crippen LogP contribution in [-0.4, -0.2) is 23.7 Å². The first kappa shape index (κ1) is 17.3. The molecule has 2 rings (SSSR count). The summed E-state index contributed by atoms with van der Waals surface area (Å²) in [6.07, 6.45) is 1.54. The molecule has 2 aromatic rings. The van der Waals surface area contributed by atoms with Gasteiger partial charge in [-0.15, -0.1) is 0 Å². The summed E-state index contributed by atoms with van der Waals surface area (Å²) in [4.78, 5) is 22.9. The maximum atomic E-state index is 12.1. The van der Waals surface area contributed by atoms with E-state index in [0.29, 0.717) is 23.7 Å². The minimum absolute atomic E-state index is 0.231. The van der Waals surface area contributed by atoms with Gasteiger partial charge in [0, 0.05) is 5.57 Å². The van der Waals surface area contributed by atoms with Crippen LogP contribution in [0.3, 0.4) is 0 Å². The average Bonchev–Trinajstić information content (AvgIpc) is 2.57. The van der Waals surface area contributed by atoms with E-state index in [0.717, 1.165) is 5.56 Å². The number of carbonyl (C=O) groups is 2. The number of carboxylic acids is 1. The molecule has 0 saturated carbocycles. The number of hydrogen-bond donors (Lipinski definition) is 1. The summed E-state index contributed by atoms with van der Waals surface area (Å²) < 4.78 is 10.6. The van der Waals surface area contributed by atoms with Gasteiger partial charge in [0.1, 0.15) is 11.5 Å². The third-order valence-electron chi connectivity index (χ3n) is 3.21. The van der Waals surface area contributed by atoms with Crippen molar-refractivity contribution in [1.29, 1.82) is 0 Å². The molecule has 0 aliphatic heterocycles. The monoisotopic (exact) mass is 326 g/mol. The Morgan fingerprint density at radius 2 is 1.58 bits per heavy atom. The molecule has 1 N–H and O–H groups in total. The van der Waals surface area contributed by atoms with E-state index in [-0.39, 0.29) is 5.57 Å². The van der Waals surface area contributed by atoms with E-state index in [1.54, 1.807) is 54.6 Å². The highest BCUT2D eigenvalue weighted by molar-refractivity contribution is 5.92. The van der Waals surface area contributed by atoms with Crippen molar-refractivity contribution in [3.63, 3.8) is 0 Å². The molecule has 0 aromatic heterocycles.